The third-order valence-corrected chi connectivity index (χ3v) is 8.54. The number of rotatable bonds is 5. The number of nitrogens with one attached hydrogen (secondary N) is 2. The molecule has 0 saturated carbocycles. The van der Waals surface area contributed by atoms with Crippen molar-refractivity contribution in [2.24, 2.45) is 5.41 Å². The minimum absolute atomic E-state index is 0.0769. The lowest BCUT2D eigenvalue weighted by molar-refractivity contribution is 0.247. The molecule has 5 aromatic rings. The summed E-state index contributed by atoms with van der Waals surface area (Å²) in [6, 6.07) is 12.1. The number of pyridine rings is 1. The van der Waals surface area contributed by atoms with Gasteiger partial charge in [0.05, 0.1) is 33.8 Å². The maximum absolute atomic E-state index is 13.8. The van der Waals surface area contributed by atoms with Crippen LogP contribution in [0.25, 0.3) is 32.2 Å². The zero-order valence-corrected chi connectivity index (χ0v) is 21.7. The van der Waals surface area contributed by atoms with Crippen LogP contribution in [0.4, 0.5) is 4.39 Å². The van der Waals surface area contributed by atoms with Crippen LogP contribution in [-0.4, -0.2) is 32.2 Å². The highest BCUT2D eigenvalue weighted by Gasteiger charge is 2.33. The highest BCUT2D eigenvalue weighted by molar-refractivity contribution is 7.19. The first kappa shape index (κ1) is 24.6. The Balaban J connectivity index is 1.48. The number of hydrogen-bond acceptors (Lipinski definition) is 6. The molecule has 1 aromatic carbocycles. The van der Waals surface area contributed by atoms with Crippen LogP contribution in [0.1, 0.15) is 17.7 Å². The smallest absolute Gasteiger partial charge is 0.328 e. The second kappa shape index (κ2) is 9.51. The third-order valence-electron chi connectivity index (χ3n) is 7.18. The van der Waals surface area contributed by atoms with Crippen molar-refractivity contribution in [3.8, 4) is 17.2 Å². The minimum atomic E-state index is -1.02. The first-order valence-electron chi connectivity index (χ1n) is 12.1. The van der Waals surface area contributed by atoms with E-state index in [0.29, 0.717) is 22.0 Å². The monoisotopic (exact) mass is 548 g/mol. The van der Waals surface area contributed by atoms with Gasteiger partial charge < -0.3 is 14.9 Å². The van der Waals surface area contributed by atoms with Crippen LogP contribution in [0.3, 0.4) is 0 Å². The zero-order valence-electron chi connectivity index (χ0n) is 20.1. The van der Waals surface area contributed by atoms with Gasteiger partial charge in [-0.2, -0.15) is 9.65 Å². The molecule has 1 aliphatic rings. The molecule has 38 heavy (non-hydrogen) atoms. The molecule has 8 nitrogen and oxygen atoms in total. The largest absolute Gasteiger partial charge is 0.345 e. The van der Waals surface area contributed by atoms with Crippen LogP contribution in [0.5, 0.6) is 0 Å². The van der Waals surface area contributed by atoms with Crippen LogP contribution in [0.15, 0.2) is 58.5 Å². The van der Waals surface area contributed by atoms with Crippen LogP contribution < -0.4 is 16.6 Å². The van der Waals surface area contributed by atoms with Crippen molar-refractivity contribution < 1.29 is 4.39 Å². The molecule has 0 amide bonds. The number of halogens is 2. The lowest BCUT2D eigenvalue weighted by atomic mass is 9.80. The van der Waals surface area contributed by atoms with Gasteiger partial charge in [-0.15, -0.1) is 11.3 Å². The predicted molar refractivity (Wildman–Crippen MR) is 146 cm³/mol. The van der Waals surface area contributed by atoms with Crippen LogP contribution in [-0.2, 0) is 13.1 Å². The Morgan fingerprint density at radius 3 is 2.79 bits per heavy atom. The van der Waals surface area contributed by atoms with E-state index in [0.717, 1.165) is 63.4 Å². The predicted octanol–water partition coefficient (Wildman–Crippen LogP) is 4.50. The maximum Gasteiger partial charge on any atom is 0.328 e. The Bertz CT molecular complexity index is 1860. The van der Waals surface area contributed by atoms with Crippen molar-refractivity contribution in [1.29, 1.82) is 5.26 Å². The number of hydrogen-bond donors (Lipinski definition) is 2. The molecule has 1 aliphatic heterocycles. The summed E-state index contributed by atoms with van der Waals surface area (Å²) in [5, 5.41) is 15.0. The normalized spacial score (nSPS) is 15.2. The highest BCUT2D eigenvalue weighted by atomic mass is 35.5. The number of aromatic amines is 1. The van der Waals surface area contributed by atoms with E-state index < -0.39 is 22.5 Å². The Kier molecular flexibility index (Phi) is 6.14. The van der Waals surface area contributed by atoms with Gasteiger partial charge in [0.1, 0.15) is 0 Å². The summed E-state index contributed by atoms with van der Waals surface area (Å²) >= 11 is 7.94. The lowest BCUT2D eigenvalue weighted by Gasteiger charge is -2.32. The number of benzene rings is 1. The fraction of sp³-hybridized carbons (Fsp3) is 0.259. The van der Waals surface area contributed by atoms with Crippen molar-refractivity contribution in [2.75, 3.05) is 13.1 Å². The molecule has 1 saturated heterocycles. The van der Waals surface area contributed by atoms with Crippen LogP contribution in [0.2, 0.25) is 5.02 Å². The molecule has 4 aromatic heterocycles. The molecule has 0 bridgehead atoms. The van der Waals surface area contributed by atoms with E-state index in [4.69, 9.17) is 11.6 Å². The Morgan fingerprint density at radius 2 is 2.00 bits per heavy atom. The molecule has 5 heterocycles. The minimum Gasteiger partial charge on any atom is -0.345 e. The molecular formula is C27H22ClFN6O2S. The molecule has 6 rings (SSSR count). The van der Waals surface area contributed by atoms with E-state index in [1.807, 2.05) is 30.5 Å². The molecule has 2 N–H and O–H groups in total. The second-order valence-corrected chi connectivity index (χ2v) is 11.2. The van der Waals surface area contributed by atoms with Crippen molar-refractivity contribution >= 4 is 44.1 Å². The van der Waals surface area contributed by atoms with Crippen LogP contribution in [0, 0.1) is 22.6 Å². The first-order valence-corrected chi connectivity index (χ1v) is 13.3. The Hall–Kier alpha value is -3.78. The van der Waals surface area contributed by atoms with Gasteiger partial charge in [0.15, 0.2) is 0 Å². The molecule has 0 aliphatic carbocycles. The maximum atomic E-state index is 13.8. The number of fused-ring (bicyclic) bond motifs is 2. The van der Waals surface area contributed by atoms with E-state index in [-0.39, 0.29) is 6.54 Å². The van der Waals surface area contributed by atoms with Gasteiger partial charge in [0.25, 0.3) is 5.56 Å². The number of nitriles is 1. The molecule has 11 heteroatoms. The summed E-state index contributed by atoms with van der Waals surface area (Å²) in [7, 11) is 0. The molecular weight excluding hydrogens is 527 g/mol. The van der Waals surface area contributed by atoms with Gasteiger partial charge in [0.2, 0.25) is 5.82 Å². The molecule has 0 atom stereocenters. The summed E-state index contributed by atoms with van der Waals surface area (Å²) in [6.07, 6.45) is 6.04. The van der Waals surface area contributed by atoms with Gasteiger partial charge in [0, 0.05) is 51.5 Å². The number of aromatic nitrogens is 4. The van der Waals surface area contributed by atoms with Crippen molar-refractivity contribution in [1.82, 2.24) is 24.4 Å². The van der Waals surface area contributed by atoms with E-state index >= 15 is 0 Å². The molecule has 0 radical (unpaired) electrons. The van der Waals surface area contributed by atoms with Crippen molar-refractivity contribution in [3.63, 3.8) is 0 Å². The summed E-state index contributed by atoms with van der Waals surface area (Å²) in [6.45, 7) is 2.11. The fourth-order valence-electron chi connectivity index (χ4n) is 5.25. The van der Waals surface area contributed by atoms with Gasteiger partial charge in [-0.05, 0) is 56.3 Å². The number of piperidine rings is 1. The summed E-state index contributed by atoms with van der Waals surface area (Å²) in [5.74, 6) is -1.02. The molecule has 0 spiro atoms. The SMILES string of the molecule is N#CC1(Cn2ccc3cc(Cl)cc(-c4ccnc5cc(Cn6c(=O)[nH]cc(F)c6=O)sc45)c32)CCNCC1. The standard InChI is InChI=1S/C27H22ClFN6O2S/c28-17-9-16-2-8-34(15-27(14-30)3-6-31-7-4-27)23(16)20(10-17)19-1-5-32-22-11-18(38-24(19)22)13-35-25(36)21(29)12-33-26(35)37/h1-2,5,8-12,31H,3-4,6-7,13,15H2,(H,33,37). The molecule has 0 unspecified atom stereocenters. The average Bonchev–Trinajstić information content (AvgIpc) is 3.52. The number of nitrogens with zero attached hydrogens (tertiary/aromatic N) is 4. The lowest BCUT2D eigenvalue weighted by Crippen LogP contribution is -2.38. The Morgan fingerprint density at radius 1 is 1.18 bits per heavy atom. The van der Waals surface area contributed by atoms with E-state index in [1.54, 1.807) is 12.3 Å². The Labute approximate surface area is 224 Å². The first-order chi connectivity index (χ1) is 18.4. The van der Waals surface area contributed by atoms with E-state index in [1.165, 1.54) is 11.3 Å². The summed E-state index contributed by atoms with van der Waals surface area (Å²) in [4.78, 5) is 31.8. The van der Waals surface area contributed by atoms with Crippen molar-refractivity contribution in [3.05, 3.63) is 85.5 Å². The third kappa shape index (κ3) is 4.22. The quantitative estimate of drug-likeness (QED) is 0.336. The second-order valence-electron chi connectivity index (χ2n) is 9.60. The number of H-pyrrole nitrogens is 1. The average molecular weight is 549 g/mol. The van der Waals surface area contributed by atoms with E-state index in [9.17, 15) is 19.2 Å². The highest BCUT2D eigenvalue weighted by Crippen LogP contribution is 2.40. The van der Waals surface area contributed by atoms with Crippen LogP contribution >= 0.6 is 22.9 Å². The van der Waals surface area contributed by atoms with Gasteiger partial charge in [-0.25, -0.2) is 4.79 Å². The van der Waals surface area contributed by atoms with Gasteiger partial charge in [-0.3, -0.25) is 14.3 Å². The zero-order chi connectivity index (χ0) is 26.4. The summed E-state index contributed by atoms with van der Waals surface area (Å²) < 4.78 is 17.7. The fourth-order valence-corrected chi connectivity index (χ4v) is 6.61. The number of thiophene rings is 1. The van der Waals surface area contributed by atoms with Crippen molar-refractivity contribution in [2.45, 2.75) is 25.9 Å². The van der Waals surface area contributed by atoms with Gasteiger partial charge in [-0.1, -0.05) is 11.6 Å². The molecule has 192 valence electrons. The van der Waals surface area contributed by atoms with E-state index in [2.05, 4.69) is 25.9 Å². The summed E-state index contributed by atoms with van der Waals surface area (Å²) in [5.41, 5.74) is 1.36. The topological polar surface area (TPSA) is 108 Å². The van der Waals surface area contributed by atoms with Gasteiger partial charge >= 0.3 is 5.69 Å². The molecule has 1 fully saturated rings.